The van der Waals surface area contributed by atoms with E-state index >= 15 is 13.7 Å². The summed E-state index contributed by atoms with van der Waals surface area (Å²) in [6.45, 7) is 0. The molecule has 82 heavy (non-hydrogen) atoms. The molecule has 9 heterocycles. The van der Waals surface area contributed by atoms with Gasteiger partial charge in [-0.05, 0) is 156 Å². The third-order valence-corrected chi connectivity index (χ3v) is 21.5. The molecule has 5 aliphatic heterocycles. The molecule has 24 bridgehead atoms. The van der Waals surface area contributed by atoms with Crippen molar-refractivity contribution in [3.63, 3.8) is 0 Å². The van der Waals surface area contributed by atoms with Gasteiger partial charge in [-0.3, -0.25) is 0 Å². The van der Waals surface area contributed by atoms with Crippen molar-refractivity contribution < 1.29 is 54.5 Å². The molecule has 7 aromatic carbocycles. The van der Waals surface area contributed by atoms with Crippen LogP contribution in [0.5, 0.6) is 46.0 Å². The van der Waals surface area contributed by atoms with Gasteiger partial charge in [0.2, 0.25) is 0 Å². The second kappa shape index (κ2) is 18.4. The minimum absolute atomic E-state index is 0.0268. The van der Waals surface area contributed by atoms with Crippen LogP contribution in [0.1, 0.15) is 91.5 Å². The summed E-state index contributed by atoms with van der Waals surface area (Å²) < 4.78 is 117. The van der Waals surface area contributed by atoms with E-state index in [0.717, 1.165) is 45.6 Å². The first-order chi connectivity index (χ1) is 39.9. The zero-order valence-corrected chi connectivity index (χ0v) is 46.3. The molecular formula is C62H43N4O12P4+. The lowest BCUT2D eigenvalue weighted by molar-refractivity contribution is 0.389. The number of H-pyrrole nitrogens is 4. The highest BCUT2D eigenvalue weighted by atomic mass is 31.2. The molecule has 0 aliphatic carbocycles. The lowest BCUT2D eigenvalue weighted by Crippen LogP contribution is -2.17. The quantitative estimate of drug-likeness (QED) is 0.122. The van der Waals surface area contributed by atoms with Crippen molar-refractivity contribution >= 4 is 47.0 Å². The Kier molecular flexibility index (Phi) is 11.0. The third-order valence-electron chi connectivity index (χ3n) is 15.3. The fraction of sp³-hybridized carbons (Fsp3) is 0.0645. The molecule has 0 fully saturated rings. The molecule has 4 aromatic heterocycles. The van der Waals surface area contributed by atoms with E-state index in [2.05, 4.69) is 19.9 Å². The summed E-state index contributed by atoms with van der Waals surface area (Å²) in [5.74, 6) is -2.43. The van der Waals surface area contributed by atoms with Gasteiger partial charge in [0.05, 0.1) is 39.6 Å². The Bertz CT molecular complexity index is 4270. The van der Waals surface area contributed by atoms with Crippen LogP contribution in [0.15, 0.2) is 212 Å². The first kappa shape index (κ1) is 48.7. The highest BCUT2D eigenvalue weighted by Crippen LogP contribution is 2.57. The minimum atomic E-state index is -4.59. The Morgan fingerprint density at radius 2 is 0.488 bits per heavy atom. The van der Waals surface area contributed by atoms with E-state index in [0.29, 0.717) is 22.3 Å². The average molecular weight is 1160 g/mol. The molecule has 6 atom stereocenters. The summed E-state index contributed by atoms with van der Waals surface area (Å²) in [7, 11) is -16.7. The molecule has 5 aliphatic rings. The Balaban J connectivity index is 1.07. The molecule has 16 rings (SSSR count). The van der Waals surface area contributed by atoms with Crippen LogP contribution in [-0.2, 0) is 18.3 Å². The van der Waals surface area contributed by atoms with Gasteiger partial charge in [-0.25, -0.2) is 22.7 Å². The van der Waals surface area contributed by atoms with E-state index in [4.69, 9.17) is 36.2 Å². The molecule has 0 saturated carbocycles. The van der Waals surface area contributed by atoms with Crippen LogP contribution in [0.3, 0.4) is 0 Å². The van der Waals surface area contributed by atoms with Crippen LogP contribution < -0.4 is 52.1 Å². The summed E-state index contributed by atoms with van der Waals surface area (Å²) in [5, 5.41) is 0.607. The van der Waals surface area contributed by atoms with E-state index in [1.54, 1.807) is 140 Å². The number of aromatic amines is 4. The smallest absolute Gasteiger partial charge is 0.413 e. The fourth-order valence-corrected chi connectivity index (χ4v) is 17.1. The normalized spacial score (nSPS) is 23.7. The number of rotatable bonds is 3. The molecular weight excluding hydrogens is 1120 g/mol. The van der Waals surface area contributed by atoms with Crippen LogP contribution in [-0.4, -0.2) is 19.9 Å². The topological polar surface area (TPSA) is 205 Å². The maximum absolute atomic E-state index is 16.3. The van der Waals surface area contributed by atoms with Crippen molar-refractivity contribution in [3.8, 4) is 46.0 Å². The minimum Gasteiger partial charge on any atom is -0.413 e. The molecule has 4 N–H and O–H groups in total. The third kappa shape index (κ3) is 8.40. The van der Waals surface area contributed by atoms with E-state index < -0.39 is 54.7 Å². The predicted octanol–water partition coefficient (Wildman–Crippen LogP) is 14.3. The van der Waals surface area contributed by atoms with Gasteiger partial charge in [0.15, 0.2) is 11.5 Å². The van der Waals surface area contributed by atoms with Gasteiger partial charge in [0.25, 0.3) is 0 Å². The Hall–Kier alpha value is -9.15. The highest BCUT2D eigenvalue weighted by Gasteiger charge is 2.41. The molecule has 0 amide bonds. The first-order valence-electron chi connectivity index (χ1n) is 26.3. The molecule has 0 radical (unpaired) electrons. The largest absolute Gasteiger partial charge is 0.805 e. The Morgan fingerprint density at radius 1 is 0.280 bits per heavy atom. The molecule has 11 aromatic rings. The van der Waals surface area contributed by atoms with Crippen molar-refractivity contribution in [2.75, 3.05) is 0 Å². The highest BCUT2D eigenvalue weighted by molar-refractivity contribution is 7.63. The average Bonchev–Trinajstić information content (AvgIpc) is 3.46. The summed E-state index contributed by atoms with van der Waals surface area (Å²) >= 11 is 0. The Labute approximate surface area is 468 Å². The van der Waals surface area contributed by atoms with Gasteiger partial charge in [-0.15, -0.1) is 0 Å². The molecule has 402 valence electrons. The zero-order valence-electron chi connectivity index (χ0n) is 42.7. The first-order valence-corrected chi connectivity index (χ1v) is 32.0. The van der Waals surface area contributed by atoms with Gasteiger partial charge in [-0.2, -0.15) is 0 Å². The van der Waals surface area contributed by atoms with Crippen molar-refractivity contribution in [2.24, 2.45) is 0 Å². The summed E-state index contributed by atoms with van der Waals surface area (Å²) in [6.07, 6.45) is 0. The van der Waals surface area contributed by atoms with Crippen LogP contribution in [0.4, 0.5) is 0 Å². The van der Waals surface area contributed by atoms with E-state index in [9.17, 15) is 4.57 Å². The number of fused-ring (bicyclic) bond motifs is 8. The zero-order chi connectivity index (χ0) is 54.9. The van der Waals surface area contributed by atoms with Crippen molar-refractivity contribution in [1.29, 1.82) is 0 Å². The van der Waals surface area contributed by atoms with Crippen molar-refractivity contribution in [3.05, 3.63) is 280 Å². The summed E-state index contributed by atoms with van der Waals surface area (Å²) in [4.78, 5) is 15.3. The van der Waals surface area contributed by atoms with Gasteiger partial charge in [0.1, 0.15) is 34.5 Å². The lowest BCUT2D eigenvalue weighted by Gasteiger charge is -2.27. The van der Waals surface area contributed by atoms with Crippen molar-refractivity contribution in [2.45, 2.75) is 23.7 Å². The number of aromatic nitrogens is 4. The molecule has 16 nitrogen and oxygen atoms in total. The predicted molar refractivity (Wildman–Crippen MR) is 306 cm³/mol. The number of hydrogen-bond donors (Lipinski definition) is 4. The SMILES string of the molecule is O=[P+]1Oc2cc3cc(c2)C2c4ccc([nH]4)C4c5cc(cc(c5)OP(=O)(c5ccccc5)Oc5cc6cc(c5)C(c5ccc4[nH]5)c4ccc([nH]4)C(c4cc(cc(c4)OP(=O)(c4ccccc4)O6)OP(=O)(c4ccccc4)O3)c3ccc2[nH]3)O1. The Morgan fingerprint density at radius 3 is 0.720 bits per heavy atom. The maximum Gasteiger partial charge on any atom is 0.805 e. The van der Waals surface area contributed by atoms with Crippen LogP contribution in [0.25, 0.3) is 0 Å². The van der Waals surface area contributed by atoms with Gasteiger partial charge in [0, 0.05) is 74.4 Å². The fourth-order valence-electron chi connectivity index (χ4n) is 11.9. The lowest BCUT2D eigenvalue weighted by atomic mass is 9.92. The van der Waals surface area contributed by atoms with E-state index in [1.807, 2.05) is 48.5 Å². The summed E-state index contributed by atoms with van der Waals surface area (Å²) in [6, 6.07) is 61.7. The van der Waals surface area contributed by atoms with Crippen LogP contribution in [0, 0.1) is 0 Å². The monoisotopic (exact) mass is 1160 g/mol. The van der Waals surface area contributed by atoms with E-state index in [1.165, 1.54) is 24.3 Å². The van der Waals surface area contributed by atoms with E-state index in [-0.39, 0.29) is 61.9 Å². The second-order valence-electron chi connectivity index (χ2n) is 20.6. The maximum atomic E-state index is 16.3. The standard InChI is InChI=1S/C62H43N4O12P4/c67-79-71-40-24-36-26-42(32-40)73-80(68,48-10-4-1-5-11-48)75-44-28-38-30-46(34-44)77-82(70,50-14-8-3-9-15-50)78-47-31-39-29-45(35-47)76-81(69,49-12-6-2-7-13-49)74-43-27-37(25-41(33-43)72-79)60-52-17-16-51(63-52)59(36)53-18-20-55(64-53)61(38)57-22-23-58(66-57)62(39)56-21-19-54(60)65-56/h1-35,59-66H/q+1. The number of benzene rings is 7. The van der Waals surface area contributed by atoms with Crippen LogP contribution in [0.2, 0.25) is 0 Å². The van der Waals surface area contributed by atoms with Crippen molar-refractivity contribution in [1.82, 2.24) is 19.9 Å². The van der Waals surface area contributed by atoms with Gasteiger partial charge in [-0.1, -0.05) is 54.6 Å². The molecule has 6 unspecified atom stereocenters. The number of nitrogens with one attached hydrogen (secondary N) is 4. The molecule has 0 spiro atoms. The molecule has 20 heteroatoms. The van der Waals surface area contributed by atoms with Crippen LogP contribution >= 0.6 is 31.0 Å². The number of hydrogen-bond acceptors (Lipinski definition) is 12. The second-order valence-corrected chi connectivity index (χ2v) is 27.1. The summed E-state index contributed by atoms with van der Waals surface area (Å²) in [5.41, 5.74) is 8.14. The molecule has 0 saturated heterocycles. The van der Waals surface area contributed by atoms with Gasteiger partial charge < -0.3 is 47.1 Å². The van der Waals surface area contributed by atoms with Gasteiger partial charge >= 0.3 is 31.0 Å².